The Kier molecular flexibility index (Phi) is 3.17. The second kappa shape index (κ2) is 4.58. The topological polar surface area (TPSA) is 21.3 Å². The van der Waals surface area contributed by atoms with Gasteiger partial charge in [0.15, 0.2) is 0 Å². The summed E-state index contributed by atoms with van der Waals surface area (Å²) in [5, 5.41) is 3.17. The fourth-order valence-electron chi connectivity index (χ4n) is 1.99. The summed E-state index contributed by atoms with van der Waals surface area (Å²) in [4.78, 5) is 0. The average Bonchev–Trinajstić information content (AvgIpc) is 2.26. The normalized spacial score (nSPS) is 20.5. The highest BCUT2D eigenvalue weighted by molar-refractivity contribution is 5.30. The summed E-state index contributed by atoms with van der Waals surface area (Å²) in [6, 6.07) is 8.61. The van der Waals surface area contributed by atoms with Gasteiger partial charge in [-0.05, 0) is 37.6 Å². The van der Waals surface area contributed by atoms with E-state index in [1.807, 2.05) is 7.05 Å². The van der Waals surface area contributed by atoms with Gasteiger partial charge in [-0.1, -0.05) is 24.3 Å². The van der Waals surface area contributed by atoms with Gasteiger partial charge < -0.3 is 10.1 Å². The zero-order valence-corrected chi connectivity index (χ0v) is 8.62. The van der Waals surface area contributed by atoms with Gasteiger partial charge in [-0.15, -0.1) is 0 Å². The lowest BCUT2D eigenvalue weighted by Crippen LogP contribution is -2.20. The van der Waals surface area contributed by atoms with Crippen LogP contribution in [0.3, 0.4) is 0 Å². The molecule has 0 aliphatic carbocycles. The summed E-state index contributed by atoms with van der Waals surface area (Å²) in [5.41, 5.74) is 2.84. The van der Waals surface area contributed by atoms with E-state index < -0.39 is 0 Å². The third-order valence-corrected chi connectivity index (χ3v) is 2.75. The quantitative estimate of drug-likeness (QED) is 0.788. The minimum absolute atomic E-state index is 0.299. The van der Waals surface area contributed by atoms with Crippen molar-refractivity contribution in [1.82, 2.24) is 5.32 Å². The summed E-state index contributed by atoms with van der Waals surface area (Å²) in [5.74, 6) is 0. The van der Waals surface area contributed by atoms with Crippen molar-refractivity contribution >= 4 is 0 Å². The molecule has 0 radical (unpaired) electrons. The molecule has 2 heteroatoms. The fraction of sp³-hybridized carbons (Fsp3) is 0.500. The third-order valence-electron chi connectivity index (χ3n) is 2.75. The van der Waals surface area contributed by atoms with Crippen LogP contribution in [0.4, 0.5) is 0 Å². The molecule has 2 nitrogen and oxygen atoms in total. The molecule has 2 rings (SSSR count). The summed E-state index contributed by atoms with van der Waals surface area (Å²) >= 11 is 0. The van der Waals surface area contributed by atoms with Crippen molar-refractivity contribution in [3.05, 3.63) is 35.4 Å². The number of ether oxygens (including phenoxy) is 1. The van der Waals surface area contributed by atoms with E-state index in [2.05, 4.69) is 29.6 Å². The maximum Gasteiger partial charge on any atom is 0.0839 e. The summed E-state index contributed by atoms with van der Waals surface area (Å²) in [7, 11) is 1.98. The number of fused-ring (bicyclic) bond motifs is 1. The van der Waals surface area contributed by atoms with Crippen molar-refractivity contribution in [1.29, 1.82) is 0 Å². The molecule has 1 aliphatic heterocycles. The Morgan fingerprint density at radius 1 is 1.43 bits per heavy atom. The molecular weight excluding hydrogens is 174 g/mol. The van der Waals surface area contributed by atoms with E-state index in [0.29, 0.717) is 6.10 Å². The highest BCUT2D eigenvalue weighted by atomic mass is 16.5. The molecular formula is C12H17NO. The maximum atomic E-state index is 5.77. The fourth-order valence-corrected chi connectivity index (χ4v) is 1.99. The van der Waals surface area contributed by atoms with Crippen molar-refractivity contribution in [2.45, 2.75) is 18.9 Å². The Bertz CT molecular complexity index is 298. The number of rotatable bonds is 3. The van der Waals surface area contributed by atoms with Crippen molar-refractivity contribution in [2.75, 3.05) is 20.2 Å². The van der Waals surface area contributed by atoms with E-state index in [4.69, 9.17) is 4.74 Å². The van der Waals surface area contributed by atoms with Gasteiger partial charge in [-0.25, -0.2) is 0 Å². The van der Waals surface area contributed by atoms with Gasteiger partial charge in [0.05, 0.1) is 12.7 Å². The van der Waals surface area contributed by atoms with Gasteiger partial charge >= 0.3 is 0 Å². The van der Waals surface area contributed by atoms with E-state index in [1.54, 1.807) is 0 Å². The first-order valence-electron chi connectivity index (χ1n) is 5.26. The summed E-state index contributed by atoms with van der Waals surface area (Å²) in [6.07, 6.45) is 2.42. The Labute approximate surface area is 85.3 Å². The Morgan fingerprint density at radius 2 is 2.29 bits per heavy atom. The Hall–Kier alpha value is -0.860. The molecule has 1 N–H and O–H groups in total. The molecule has 1 aromatic rings. The van der Waals surface area contributed by atoms with E-state index in [-0.39, 0.29) is 0 Å². The van der Waals surface area contributed by atoms with E-state index in [1.165, 1.54) is 11.1 Å². The third kappa shape index (κ3) is 1.97. The van der Waals surface area contributed by atoms with Gasteiger partial charge in [0.25, 0.3) is 0 Å². The number of hydrogen-bond donors (Lipinski definition) is 1. The smallest absolute Gasteiger partial charge is 0.0839 e. The number of benzene rings is 1. The Morgan fingerprint density at radius 3 is 3.14 bits per heavy atom. The van der Waals surface area contributed by atoms with Gasteiger partial charge in [-0.2, -0.15) is 0 Å². The first-order chi connectivity index (χ1) is 6.92. The summed E-state index contributed by atoms with van der Waals surface area (Å²) < 4.78 is 5.77. The standard InChI is InChI=1S/C12H17NO/c1-13-8-6-12-11-5-3-2-4-10(11)7-9-14-12/h2-5,12-13H,6-9H2,1H3. The van der Waals surface area contributed by atoms with Crippen LogP contribution in [-0.4, -0.2) is 20.2 Å². The molecule has 0 aromatic heterocycles. The van der Waals surface area contributed by atoms with Crippen LogP contribution >= 0.6 is 0 Å². The van der Waals surface area contributed by atoms with Crippen LogP contribution in [0.25, 0.3) is 0 Å². The highest BCUT2D eigenvalue weighted by Crippen LogP contribution is 2.28. The Balaban J connectivity index is 2.14. The lowest BCUT2D eigenvalue weighted by molar-refractivity contribution is 0.0371. The molecule has 0 spiro atoms. The zero-order chi connectivity index (χ0) is 9.80. The largest absolute Gasteiger partial charge is 0.373 e. The molecule has 76 valence electrons. The molecule has 1 aromatic carbocycles. The van der Waals surface area contributed by atoms with Gasteiger partial charge in [0, 0.05) is 0 Å². The maximum absolute atomic E-state index is 5.77. The minimum Gasteiger partial charge on any atom is -0.373 e. The van der Waals surface area contributed by atoms with Crippen LogP contribution in [0.15, 0.2) is 24.3 Å². The second-order valence-corrected chi connectivity index (χ2v) is 3.70. The molecule has 1 unspecified atom stereocenters. The van der Waals surface area contributed by atoms with E-state index >= 15 is 0 Å². The minimum atomic E-state index is 0.299. The molecule has 0 amide bonds. The van der Waals surface area contributed by atoms with Crippen LogP contribution in [-0.2, 0) is 11.2 Å². The molecule has 0 saturated heterocycles. The van der Waals surface area contributed by atoms with Crippen LogP contribution < -0.4 is 5.32 Å². The first kappa shape index (κ1) is 9.69. The highest BCUT2D eigenvalue weighted by Gasteiger charge is 2.19. The molecule has 0 bridgehead atoms. The van der Waals surface area contributed by atoms with Gasteiger partial charge in [0.2, 0.25) is 0 Å². The second-order valence-electron chi connectivity index (χ2n) is 3.70. The van der Waals surface area contributed by atoms with Crippen LogP contribution in [0.2, 0.25) is 0 Å². The van der Waals surface area contributed by atoms with Gasteiger partial charge in [-0.3, -0.25) is 0 Å². The number of hydrogen-bond acceptors (Lipinski definition) is 2. The molecule has 0 saturated carbocycles. The lowest BCUT2D eigenvalue weighted by Gasteiger charge is -2.25. The molecule has 1 atom stereocenters. The molecule has 14 heavy (non-hydrogen) atoms. The number of nitrogens with one attached hydrogen (secondary N) is 1. The van der Waals surface area contributed by atoms with Crippen molar-refractivity contribution in [2.24, 2.45) is 0 Å². The summed E-state index contributed by atoms with van der Waals surface area (Å²) in [6.45, 7) is 1.88. The average molecular weight is 191 g/mol. The van der Waals surface area contributed by atoms with Crippen LogP contribution in [0.1, 0.15) is 23.7 Å². The van der Waals surface area contributed by atoms with Gasteiger partial charge in [0.1, 0.15) is 0 Å². The van der Waals surface area contributed by atoms with Crippen LogP contribution in [0.5, 0.6) is 0 Å². The zero-order valence-electron chi connectivity index (χ0n) is 8.62. The van der Waals surface area contributed by atoms with Crippen molar-refractivity contribution in [3.8, 4) is 0 Å². The van der Waals surface area contributed by atoms with Crippen molar-refractivity contribution in [3.63, 3.8) is 0 Å². The van der Waals surface area contributed by atoms with Crippen LogP contribution in [0, 0.1) is 0 Å². The SMILES string of the molecule is CNCCC1OCCc2ccccc21. The lowest BCUT2D eigenvalue weighted by atomic mass is 9.96. The molecule has 0 fully saturated rings. The molecule has 1 heterocycles. The monoisotopic (exact) mass is 191 g/mol. The van der Waals surface area contributed by atoms with Crippen molar-refractivity contribution < 1.29 is 4.74 Å². The predicted molar refractivity (Wildman–Crippen MR) is 57.4 cm³/mol. The molecule has 1 aliphatic rings. The first-order valence-corrected chi connectivity index (χ1v) is 5.26. The van der Waals surface area contributed by atoms with E-state index in [0.717, 1.165) is 26.0 Å². The van der Waals surface area contributed by atoms with E-state index in [9.17, 15) is 0 Å². The predicted octanol–water partition coefficient (Wildman–Crippen LogP) is 1.91.